The molecule has 2 aromatic rings. The molecule has 0 spiro atoms. The molecule has 0 aromatic heterocycles. The molecule has 2 nitrogen and oxygen atoms in total. The Bertz CT molecular complexity index is 431. The summed E-state index contributed by atoms with van der Waals surface area (Å²) in [5.74, 6) is 1.67. The van der Waals surface area contributed by atoms with Crippen LogP contribution in [0, 0.1) is 6.07 Å². The van der Waals surface area contributed by atoms with E-state index < -0.39 is 0 Å². The second-order valence-electron chi connectivity index (χ2n) is 3.38. The van der Waals surface area contributed by atoms with Gasteiger partial charge in [-0.1, -0.05) is 0 Å². The van der Waals surface area contributed by atoms with Crippen molar-refractivity contribution in [2.24, 2.45) is 0 Å². The number of hydrogen-bond donors (Lipinski definition) is 0. The molecule has 0 bridgehead atoms. The van der Waals surface area contributed by atoms with E-state index in [9.17, 15) is 0 Å². The van der Waals surface area contributed by atoms with Gasteiger partial charge in [-0.3, -0.25) is 0 Å². The van der Waals surface area contributed by atoms with E-state index in [2.05, 4.69) is 6.07 Å². The maximum absolute atomic E-state index is 5.62. The van der Waals surface area contributed by atoms with Crippen LogP contribution in [-0.2, 0) is 6.61 Å². The molecule has 0 aliphatic carbocycles. The normalized spacial score (nSPS) is 8.72. The third kappa shape index (κ3) is 5.29. The molecule has 0 saturated carbocycles. The standard InChI is InChI=1S/C14H13O2.BrH.Mg/c1-15-13-7-9-14(10-8-13)16-11-12-5-3-2-4-6-12;;/h2-3,5-10H,11H2,1H3;1H;/q-1;;+2/p-1. The number of hydrogen-bond acceptors (Lipinski definition) is 2. The Labute approximate surface area is 134 Å². The fourth-order valence-electron chi connectivity index (χ4n) is 1.36. The molecule has 0 radical (unpaired) electrons. The molecule has 2 aromatic carbocycles. The van der Waals surface area contributed by atoms with E-state index in [1.165, 1.54) is 0 Å². The van der Waals surface area contributed by atoms with Gasteiger partial charge < -0.3 is 26.5 Å². The smallest absolute Gasteiger partial charge is 1.00 e. The molecule has 0 unspecified atom stereocenters. The first-order valence-electron chi connectivity index (χ1n) is 5.10. The van der Waals surface area contributed by atoms with Crippen molar-refractivity contribution in [3.05, 3.63) is 60.2 Å². The minimum absolute atomic E-state index is 0. The second kappa shape index (κ2) is 9.25. The first-order chi connectivity index (χ1) is 7.88. The van der Waals surface area contributed by atoms with Crippen molar-refractivity contribution in [3.63, 3.8) is 0 Å². The number of benzene rings is 2. The zero-order valence-electron chi connectivity index (χ0n) is 10.2. The molecule has 0 N–H and O–H groups in total. The van der Waals surface area contributed by atoms with Crippen LogP contribution >= 0.6 is 0 Å². The summed E-state index contributed by atoms with van der Waals surface area (Å²) in [4.78, 5) is 0. The van der Waals surface area contributed by atoms with Gasteiger partial charge in [-0.25, -0.2) is 0 Å². The van der Waals surface area contributed by atoms with E-state index in [-0.39, 0.29) is 40.0 Å². The molecular weight excluding hydrogens is 304 g/mol. The van der Waals surface area contributed by atoms with Crippen LogP contribution in [0.15, 0.2) is 48.5 Å². The van der Waals surface area contributed by atoms with E-state index in [0.29, 0.717) is 6.61 Å². The Morgan fingerprint density at radius 1 is 1.06 bits per heavy atom. The fourth-order valence-corrected chi connectivity index (χ4v) is 1.36. The third-order valence-corrected chi connectivity index (χ3v) is 2.24. The van der Waals surface area contributed by atoms with Crippen LogP contribution in [0.5, 0.6) is 11.5 Å². The summed E-state index contributed by atoms with van der Waals surface area (Å²) in [6, 6.07) is 18.3. The van der Waals surface area contributed by atoms with Crippen LogP contribution in [0.25, 0.3) is 0 Å². The molecule has 0 atom stereocenters. The van der Waals surface area contributed by atoms with Gasteiger partial charge in [0.2, 0.25) is 0 Å². The maximum atomic E-state index is 5.62. The predicted molar refractivity (Wildman–Crippen MR) is 68.4 cm³/mol. The summed E-state index contributed by atoms with van der Waals surface area (Å²) in [7, 11) is 1.65. The zero-order chi connectivity index (χ0) is 11.2. The summed E-state index contributed by atoms with van der Waals surface area (Å²) in [5.41, 5.74) is 1.11. The van der Waals surface area contributed by atoms with E-state index in [4.69, 9.17) is 9.47 Å². The van der Waals surface area contributed by atoms with Gasteiger partial charge >= 0.3 is 23.1 Å². The van der Waals surface area contributed by atoms with Crippen molar-refractivity contribution < 1.29 is 26.5 Å². The number of halogens is 1. The van der Waals surface area contributed by atoms with Gasteiger partial charge in [0.05, 0.1) is 13.7 Å². The fraction of sp³-hybridized carbons (Fsp3) is 0.143. The average Bonchev–Trinajstić information content (AvgIpc) is 2.38. The largest absolute Gasteiger partial charge is 2.00 e. The van der Waals surface area contributed by atoms with Gasteiger partial charge in [-0.05, 0) is 24.3 Å². The molecule has 0 amide bonds. The zero-order valence-corrected chi connectivity index (χ0v) is 13.2. The van der Waals surface area contributed by atoms with E-state index in [1.807, 2.05) is 48.5 Å². The van der Waals surface area contributed by atoms with Gasteiger partial charge in [0.25, 0.3) is 0 Å². The summed E-state index contributed by atoms with van der Waals surface area (Å²) < 4.78 is 10.7. The van der Waals surface area contributed by atoms with Gasteiger partial charge in [0, 0.05) is 0 Å². The Morgan fingerprint density at radius 3 is 2.28 bits per heavy atom. The molecule has 4 heteroatoms. The van der Waals surface area contributed by atoms with Crippen molar-refractivity contribution in [3.8, 4) is 11.5 Å². The molecule has 0 saturated heterocycles. The Kier molecular flexibility index (Phi) is 8.88. The summed E-state index contributed by atoms with van der Waals surface area (Å²) in [6.07, 6.45) is 0. The van der Waals surface area contributed by atoms with Crippen molar-refractivity contribution in [2.75, 3.05) is 7.11 Å². The molecule has 0 aliphatic heterocycles. The molecule has 0 fully saturated rings. The van der Waals surface area contributed by atoms with Gasteiger partial charge in [-0.15, -0.1) is 5.56 Å². The predicted octanol–water partition coefficient (Wildman–Crippen LogP) is -0.302. The molecular formula is C14H13BrMgO2. The van der Waals surface area contributed by atoms with Crippen molar-refractivity contribution in [1.82, 2.24) is 0 Å². The second-order valence-corrected chi connectivity index (χ2v) is 3.38. The van der Waals surface area contributed by atoms with E-state index >= 15 is 0 Å². The van der Waals surface area contributed by atoms with Gasteiger partial charge in [0.1, 0.15) is 11.5 Å². The number of rotatable bonds is 4. The molecule has 90 valence electrons. The van der Waals surface area contributed by atoms with Crippen molar-refractivity contribution in [2.45, 2.75) is 6.61 Å². The van der Waals surface area contributed by atoms with Crippen LogP contribution in [0.3, 0.4) is 0 Å². The monoisotopic (exact) mass is 316 g/mol. The third-order valence-electron chi connectivity index (χ3n) is 2.24. The first-order valence-corrected chi connectivity index (χ1v) is 5.10. The van der Waals surface area contributed by atoms with Crippen molar-refractivity contribution in [1.29, 1.82) is 0 Å². The van der Waals surface area contributed by atoms with Crippen LogP contribution in [0.4, 0.5) is 0 Å². The Hall–Kier alpha value is -0.714. The van der Waals surface area contributed by atoms with Gasteiger partial charge in [-0.2, -0.15) is 30.3 Å². The average molecular weight is 317 g/mol. The quantitative estimate of drug-likeness (QED) is 0.569. The minimum atomic E-state index is 0. The van der Waals surface area contributed by atoms with Crippen LogP contribution in [0.1, 0.15) is 5.56 Å². The Morgan fingerprint density at radius 2 is 1.72 bits per heavy atom. The SMILES string of the molecule is COc1ccc(OCc2c[c-]ccc2)cc1.[Br-].[Mg+2]. The summed E-state index contributed by atoms with van der Waals surface area (Å²) in [5, 5.41) is 0. The van der Waals surface area contributed by atoms with Crippen LogP contribution in [-0.4, -0.2) is 30.2 Å². The topological polar surface area (TPSA) is 18.5 Å². The summed E-state index contributed by atoms with van der Waals surface area (Å²) in [6.45, 7) is 0.559. The maximum Gasteiger partial charge on any atom is 2.00 e. The molecule has 18 heavy (non-hydrogen) atoms. The molecule has 2 rings (SSSR count). The Balaban J connectivity index is 0.00000144. The molecule has 0 heterocycles. The summed E-state index contributed by atoms with van der Waals surface area (Å²) >= 11 is 0. The minimum Gasteiger partial charge on any atom is -1.00 e. The number of ether oxygens (including phenoxy) is 2. The van der Waals surface area contributed by atoms with E-state index in [0.717, 1.165) is 17.1 Å². The van der Waals surface area contributed by atoms with Crippen LogP contribution in [0.2, 0.25) is 0 Å². The van der Waals surface area contributed by atoms with E-state index in [1.54, 1.807) is 7.11 Å². The molecule has 0 aliphatic rings. The van der Waals surface area contributed by atoms with Gasteiger partial charge in [0.15, 0.2) is 0 Å². The van der Waals surface area contributed by atoms with Crippen molar-refractivity contribution >= 4 is 23.1 Å². The first kappa shape index (κ1) is 17.3. The van der Waals surface area contributed by atoms with Crippen LogP contribution < -0.4 is 26.5 Å². The number of methoxy groups -OCH3 is 1.